The lowest BCUT2D eigenvalue weighted by Crippen LogP contribution is -2.35. The minimum Gasteiger partial charge on any atom is -0.314 e. The fraction of sp³-hybridized carbons (Fsp3) is 0.429. The number of rotatable bonds is 3. The summed E-state index contributed by atoms with van der Waals surface area (Å²) >= 11 is 1.76. The molecule has 2 aromatic heterocycles. The van der Waals surface area contributed by atoms with Crippen molar-refractivity contribution < 1.29 is 0 Å². The van der Waals surface area contributed by atoms with Gasteiger partial charge in [0.05, 0.1) is 10.7 Å². The highest BCUT2D eigenvalue weighted by Gasteiger charge is 2.15. The summed E-state index contributed by atoms with van der Waals surface area (Å²) in [7, 11) is 0. The molecule has 0 saturated carbocycles. The molecule has 0 bridgehead atoms. The maximum Gasteiger partial charge on any atom is 0.0948 e. The SMILES string of the molecule is c1cncc(-c2csc(CC3CCCCN3)n2)c1. The van der Waals surface area contributed by atoms with Crippen molar-refractivity contribution in [3.05, 3.63) is 34.9 Å². The van der Waals surface area contributed by atoms with Crippen LogP contribution in [0.3, 0.4) is 0 Å². The zero-order chi connectivity index (χ0) is 12.2. The van der Waals surface area contributed by atoms with Gasteiger partial charge in [-0.2, -0.15) is 0 Å². The van der Waals surface area contributed by atoms with Crippen molar-refractivity contribution in [2.45, 2.75) is 31.7 Å². The molecule has 94 valence electrons. The molecule has 18 heavy (non-hydrogen) atoms. The maximum absolute atomic E-state index is 4.71. The normalized spacial score (nSPS) is 19.9. The molecule has 3 heterocycles. The lowest BCUT2D eigenvalue weighted by atomic mass is 10.0. The predicted octanol–water partition coefficient (Wildman–Crippen LogP) is 2.89. The molecule has 3 nitrogen and oxygen atoms in total. The number of nitrogens with one attached hydrogen (secondary N) is 1. The molecule has 0 amide bonds. The van der Waals surface area contributed by atoms with E-state index in [1.165, 1.54) is 24.3 Å². The smallest absolute Gasteiger partial charge is 0.0948 e. The van der Waals surface area contributed by atoms with Crippen LogP contribution in [-0.4, -0.2) is 22.6 Å². The second-order valence-corrected chi connectivity index (χ2v) is 5.66. The molecule has 2 aromatic rings. The first kappa shape index (κ1) is 11.8. The molecule has 1 saturated heterocycles. The van der Waals surface area contributed by atoms with Crippen LogP contribution in [0.25, 0.3) is 11.3 Å². The van der Waals surface area contributed by atoms with Crippen molar-refractivity contribution in [2.24, 2.45) is 0 Å². The average molecular weight is 259 g/mol. The van der Waals surface area contributed by atoms with Crippen molar-refractivity contribution in [1.82, 2.24) is 15.3 Å². The molecule has 1 fully saturated rings. The Morgan fingerprint density at radius 3 is 3.17 bits per heavy atom. The second-order valence-electron chi connectivity index (χ2n) is 4.72. The molecular formula is C14H17N3S. The number of hydrogen-bond donors (Lipinski definition) is 1. The monoisotopic (exact) mass is 259 g/mol. The quantitative estimate of drug-likeness (QED) is 0.921. The third-order valence-electron chi connectivity index (χ3n) is 3.34. The van der Waals surface area contributed by atoms with E-state index in [1.807, 2.05) is 12.3 Å². The van der Waals surface area contributed by atoms with Crippen LogP contribution in [-0.2, 0) is 6.42 Å². The standard InChI is InChI=1S/C14H17N3S/c1-2-7-16-12(5-1)8-14-17-13(10-18-14)11-4-3-6-15-9-11/h3-4,6,9-10,12,16H,1-2,5,7-8H2. The van der Waals surface area contributed by atoms with Crippen LogP contribution < -0.4 is 5.32 Å². The van der Waals surface area contributed by atoms with Gasteiger partial charge in [0.2, 0.25) is 0 Å². The molecule has 1 unspecified atom stereocenters. The topological polar surface area (TPSA) is 37.8 Å². The Hall–Kier alpha value is -1.26. The van der Waals surface area contributed by atoms with Gasteiger partial charge in [-0.1, -0.05) is 6.42 Å². The van der Waals surface area contributed by atoms with Gasteiger partial charge in [-0.25, -0.2) is 4.98 Å². The zero-order valence-electron chi connectivity index (χ0n) is 10.3. The number of thiazole rings is 1. The highest BCUT2D eigenvalue weighted by Crippen LogP contribution is 2.22. The Morgan fingerprint density at radius 2 is 2.39 bits per heavy atom. The van der Waals surface area contributed by atoms with Gasteiger partial charge in [-0.15, -0.1) is 11.3 Å². The third-order valence-corrected chi connectivity index (χ3v) is 4.21. The summed E-state index contributed by atoms with van der Waals surface area (Å²) in [5.41, 5.74) is 2.16. The molecule has 0 spiro atoms. The van der Waals surface area contributed by atoms with E-state index in [9.17, 15) is 0 Å². The molecule has 0 radical (unpaired) electrons. The second kappa shape index (κ2) is 5.59. The van der Waals surface area contributed by atoms with E-state index in [-0.39, 0.29) is 0 Å². The molecule has 1 N–H and O–H groups in total. The van der Waals surface area contributed by atoms with Crippen LogP contribution in [0.5, 0.6) is 0 Å². The number of piperidine rings is 1. The lowest BCUT2D eigenvalue weighted by molar-refractivity contribution is 0.399. The minimum absolute atomic E-state index is 0.617. The van der Waals surface area contributed by atoms with Crippen molar-refractivity contribution in [3.63, 3.8) is 0 Å². The Bertz CT molecular complexity index is 489. The van der Waals surface area contributed by atoms with Gasteiger partial charge in [-0.05, 0) is 31.5 Å². The summed E-state index contributed by atoms with van der Waals surface area (Å²) in [4.78, 5) is 8.85. The number of aromatic nitrogens is 2. The largest absolute Gasteiger partial charge is 0.314 e. The zero-order valence-corrected chi connectivity index (χ0v) is 11.1. The van der Waals surface area contributed by atoms with E-state index in [1.54, 1.807) is 17.5 Å². The summed E-state index contributed by atoms with van der Waals surface area (Å²) in [6, 6.07) is 4.63. The first-order valence-corrected chi connectivity index (χ1v) is 7.38. The molecule has 3 rings (SSSR count). The van der Waals surface area contributed by atoms with Crippen molar-refractivity contribution in [2.75, 3.05) is 6.54 Å². The number of hydrogen-bond acceptors (Lipinski definition) is 4. The van der Waals surface area contributed by atoms with Crippen LogP contribution in [0.1, 0.15) is 24.3 Å². The summed E-state index contributed by atoms with van der Waals surface area (Å²) in [6.45, 7) is 1.16. The van der Waals surface area contributed by atoms with Crippen molar-refractivity contribution >= 4 is 11.3 Å². The number of nitrogens with zero attached hydrogens (tertiary/aromatic N) is 2. The first-order valence-electron chi connectivity index (χ1n) is 6.50. The fourth-order valence-electron chi connectivity index (χ4n) is 2.36. The molecule has 0 aliphatic carbocycles. The van der Waals surface area contributed by atoms with Gasteiger partial charge in [-0.3, -0.25) is 4.98 Å². The van der Waals surface area contributed by atoms with Crippen molar-refractivity contribution in [1.29, 1.82) is 0 Å². The van der Waals surface area contributed by atoms with Gasteiger partial charge in [0.25, 0.3) is 0 Å². The number of pyridine rings is 1. The average Bonchev–Trinajstić information content (AvgIpc) is 2.89. The molecule has 1 atom stereocenters. The van der Waals surface area contributed by atoms with Crippen LogP contribution >= 0.6 is 11.3 Å². The van der Waals surface area contributed by atoms with E-state index in [2.05, 4.69) is 21.7 Å². The molecule has 0 aromatic carbocycles. The summed E-state index contributed by atoms with van der Waals surface area (Å²) in [6.07, 6.45) is 8.67. The fourth-order valence-corrected chi connectivity index (χ4v) is 3.25. The summed E-state index contributed by atoms with van der Waals surface area (Å²) in [5, 5.41) is 6.93. The van der Waals surface area contributed by atoms with Gasteiger partial charge in [0.15, 0.2) is 0 Å². The van der Waals surface area contributed by atoms with Crippen LogP contribution in [0.15, 0.2) is 29.9 Å². The van der Waals surface area contributed by atoms with E-state index >= 15 is 0 Å². The summed E-state index contributed by atoms with van der Waals surface area (Å²) < 4.78 is 0. The predicted molar refractivity (Wildman–Crippen MR) is 74.7 cm³/mol. The Labute approximate surface area is 111 Å². The van der Waals surface area contributed by atoms with Crippen LogP contribution in [0.2, 0.25) is 0 Å². The van der Waals surface area contributed by atoms with Crippen LogP contribution in [0, 0.1) is 0 Å². The van der Waals surface area contributed by atoms with Crippen LogP contribution in [0.4, 0.5) is 0 Å². The Balaban J connectivity index is 1.69. The molecule has 1 aliphatic rings. The van der Waals surface area contributed by atoms with E-state index in [0.717, 1.165) is 24.2 Å². The minimum atomic E-state index is 0.617. The highest BCUT2D eigenvalue weighted by molar-refractivity contribution is 7.09. The maximum atomic E-state index is 4.71. The van der Waals surface area contributed by atoms with Gasteiger partial charge in [0, 0.05) is 35.8 Å². The lowest BCUT2D eigenvalue weighted by Gasteiger charge is -2.22. The van der Waals surface area contributed by atoms with Gasteiger partial charge in [0.1, 0.15) is 0 Å². The molecule has 4 heteroatoms. The molecular weight excluding hydrogens is 242 g/mol. The summed E-state index contributed by atoms with van der Waals surface area (Å²) in [5.74, 6) is 0. The van der Waals surface area contributed by atoms with Crippen molar-refractivity contribution in [3.8, 4) is 11.3 Å². The Morgan fingerprint density at radius 1 is 1.39 bits per heavy atom. The highest BCUT2D eigenvalue weighted by atomic mass is 32.1. The third kappa shape index (κ3) is 2.76. The first-order chi connectivity index (χ1) is 8.92. The van der Waals surface area contributed by atoms with E-state index < -0.39 is 0 Å². The Kier molecular flexibility index (Phi) is 3.67. The van der Waals surface area contributed by atoms with Gasteiger partial charge < -0.3 is 5.32 Å². The van der Waals surface area contributed by atoms with Gasteiger partial charge >= 0.3 is 0 Å². The molecule has 1 aliphatic heterocycles. The van der Waals surface area contributed by atoms with E-state index in [0.29, 0.717) is 6.04 Å². The van der Waals surface area contributed by atoms with E-state index in [4.69, 9.17) is 4.98 Å².